The second-order valence-electron chi connectivity index (χ2n) is 7.41. The lowest BCUT2D eigenvalue weighted by molar-refractivity contribution is -0.139. The highest BCUT2D eigenvalue weighted by molar-refractivity contribution is 6.30. The summed E-state index contributed by atoms with van der Waals surface area (Å²) in [5.74, 6) is -0.0510. The van der Waals surface area contributed by atoms with Crippen molar-refractivity contribution < 1.29 is 9.59 Å². The van der Waals surface area contributed by atoms with Crippen LogP contribution in [-0.4, -0.2) is 35.2 Å². The van der Waals surface area contributed by atoms with Gasteiger partial charge in [-0.25, -0.2) is 0 Å². The van der Waals surface area contributed by atoms with Crippen molar-refractivity contribution in [1.82, 2.24) is 10.2 Å². The van der Waals surface area contributed by atoms with Crippen molar-refractivity contribution in [2.75, 3.05) is 12.4 Å². The Morgan fingerprint density at radius 1 is 1.22 bits per heavy atom. The van der Waals surface area contributed by atoms with Crippen molar-refractivity contribution in [2.24, 2.45) is 5.92 Å². The van der Waals surface area contributed by atoms with Crippen LogP contribution in [0.25, 0.3) is 0 Å². The van der Waals surface area contributed by atoms with Crippen molar-refractivity contribution in [3.8, 4) is 0 Å². The van der Waals surface area contributed by atoms with Crippen LogP contribution in [0, 0.1) is 5.92 Å². The molecule has 6 heteroatoms. The molecular formula is C21H30Cl2N2O2. The molecule has 2 amide bonds. The fourth-order valence-electron chi connectivity index (χ4n) is 3.71. The number of benzene rings is 1. The molecule has 0 radical (unpaired) electrons. The van der Waals surface area contributed by atoms with Crippen molar-refractivity contribution >= 4 is 35.0 Å². The molecule has 1 aliphatic rings. The van der Waals surface area contributed by atoms with Crippen LogP contribution in [-0.2, 0) is 9.59 Å². The Kier molecular flexibility index (Phi) is 8.91. The van der Waals surface area contributed by atoms with Crippen LogP contribution in [0.5, 0.6) is 0 Å². The molecule has 3 unspecified atom stereocenters. The minimum absolute atomic E-state index is 0.134. The van der Waals surface area contributed by atoms with E-state index in [0.29, 0.717) is 17.5 Å². The lowest BCUT2D eigenvalue weighted by Crippen LogP contribution is -2.49. The van der Waals surface area contributed by atoms with Crippen molar-refractivity contribution in [3.05, 3.63) is 34.9 Å². The summed E-state index contributed by atoms with van der Waals surface area (Å²) in [6.45, 7) is 4.74. The molecule has 27 heavy (non-hydrogen) atoms. The number of rotatable bonds is 8. The van der Waals surface area contributed by atoms with Gasteiger partial charge < -0.3 is 10.2 Å². The summed E-state index contributed by atoms with van der Waals surface area (Å²) in [6.07, 6.45) is 6.19. The molecule has 0 saturated heterocycles. The number of unbranched alkanes of at least 4 members (excludes halogenated alkanes) is 1. The first kappa shape index (κ1) is 22.0. The van der Waals surface area contributed by atoms with Gasteiger partial charge in [-0.1, -0.05) is 56.8 Å². The van der Waals surface area contributed by atoms with E-state index < -0.39 is 6.04 Å². The molecule has 0 spiro atoms. The number of alkyl halides is 1. The van der Waals surface area contributed by atoms with Gasteiger partial charge in [-0.3, -0.25) is 9.59 Å². The smallest absolute Gasteiger partial charge is 0.247 e. The Balaban J connectivity index is 2.30. The average Bonchev–Trinajstić information content (AvgIpc) is 2.67. The zero-order valence-corrected chi connectivity index (χ0v) is 17.7. The number of carbonyl (C=O) groups excluding carboxylic acids is 2. The van der Waals surface area contributed by atoms with Gasteiger partial charge in [-0.15, -0.1) is 11.6 Å². The molecular weight excluding hydrogens is 383 g/mol. The summed E-state index contributed by atoms with van der Waals surface area (Å²) >= 11 is 11.9. The van der Waals surface area contributed by atoms with Crippen molar-refractivity contribution in [1.29, 1.82) is 0 Å². The van der Waals surface area contributed by atoms with Crippen LogP contribution >= 0.6 is 23.2 Å². The maximum absolute atomic E-state index is 13.3. The van der Waals surface area contributed by atoms with Crippen molar-refractivity contribution in [3.63, 3.8) is 0 Å². The molecule has 1 fully saturated rings. The quantitative estimate of drug-likeness (QED) is 0.614. The predicted molar refractivity (Wildman–Crippen MR) is 111 cm³/mol. The third kappa shape index (κ3) is 6.11. The summed E-state index contributed by atoms with van der Waals surface area (Å²) < 4.78 is 0. The Morgan fingerprint density at radius 2 is 1.89 bits per heavy atom. The van der Waals surface area contributed by atoms with Crippen molar-refractivity contribution in [2.45, 2.75) is 64.5 Å². The van der Waals surface area contributed by atoms with Crippen LogP contribution in [0.15, 0.2) is 24.3 Å². The normalized spacial score (nSPS) is 20.7. The van der Waals surface area contributed by atoms with Gasteiger partial charge in [0.25, 0.3) is 0 Å². The van der Waals surface area contributed by atoms with E-state index in [-0.39, 0.29) is 23.7 Å². The Labute approximate surface area is 172 Å². The number of nitrogens with zero attached hydrogens (tertiary/aromatic N) is 1. The van der Waals surface area contributed by atoms with Gasteiger partial charge in [0.1, 0.15) is 11.9 Å². The lowest BCUT2D eigenvalue weighted by Gasteiger charge is -2.35. The zero-order valence-electron chi connectivity index (χ0n) is 16.2. The van der Waals surface area contributed by atoms with E-state index in [4.69, 9.17) is 23.2 Å². The lowest BCUT2D eigenvalue weighted by atomic mass is 9.85. The highest BCUT2D eigenvalue weighted by Crippen LogP contribution is 2.27. The first-order valence-electron chi connectivity index (χ1n) is 9.89. The highest BCUT2D eigenvalue weighted by atomic mass is 35.5. The SMILES string of the molecule is CCCCN(C(=O)CCl)C(C(=O)NC1CCCCC1C)c1ccc(Cl)cc1. The number of carbonyl (C=O) groups is 2. The van der Waals surface area contributed by atoms with Gasteiger partial charge in [0.15, 0.2) is 0 Å². The second-order valence-corrected chi connectivity index (χ2v) is 8.11. The summed E-state index contributed by atoms with van der Waals surface area (Å²) in [6, 6.07) is 6.61. The van der Waals surface area contributed by atoms with Gasteiger partial charge in [0.05, 0.1) is 0 Å². The summed E-state index contributed by atoms with van der Waals surface area (Å²) in [7, 11) is 0. The predicted octanol–water partition coefficient (Wildman–Crippen LogP) is 4.94. The van der Waals surface area contributed by atoms with E-state index in [0.717, 1.165) is 37.7 Å². The number of hydrogen-bond acceptors (Lipinski definition) is 2. The van der Waals surface area contributed by atoms with Gasteiger partial charge in [-0.05, 0) is 42.9 Å². The fraction of sp³-hybridized carbons (Fsp3) is 0.619. The van der Waals surface area contributed by atoms with E-state index in [1.807, 2.05) is 12.1 Å². The maximum atomic E-state index is 13.3. The topological polar surface area (TPSA) is 49.4 Å². The Hall–Kier alpha value is -1.26. The molecule has 0 bridgehead atoms. The van der Waals surface area contributed by atoms with E-state index in [1.165, 1.54) is 6.42 Å². The van der Waals surface area contributed by atoms with Gasteiger partial charge in [0, 0.05) is 17.6 Å². The maximum Gasteiger partial charge on any atom is 0.247 e. The summed E-state index contributed by atoms with van der Waals surface area (Å²) in [4.78, 5) is 27.4. The van der Waals surface area contributed by atoms with Gasteiger partial charge in [-0.2, -0.15) is 0 Å². The highest BCUT2D eigenvalue weighted by Gasteiger charge is 2.33. The van der Waals surface area contributed by atoms with E-state index in [2.05, 4.69) is 19.2 Å². The minimum Gasteiger partial charge on any atom is -0.351 e. The molecule has 0 heterocycles. The van der Waals surface area contributed by atoms with Gasteiger partial charge >= 0.3 is 0 Å². The monoisotopic (exact) mass is 412 g/mol. The molecule has 1 saturated carbocycles. The molecule has 0 aliphatic heterocycles. The average molecular weight is 413 g/mol. The zero-order chi connectivity index (χ0) is 19.8. The molecule has 4 nitrogen and oxygen atoms in total. The number of amides is 2. The molecule has 1 aliphatic carbocycles. The standard InChI is InChI=1S/C21H30Cl2N2O2/c1-3-4-13-25(19(26)14-22)20(16-9-11-17(23)12-10-16)21(27)24-18-8-6-5-7-15(18)2/h9-12,15,18,20H,3-8,13-14H2,1-2H3,(H,24,27). The van der Waals surface area contributed by atoms with Crippen LogP contribution in [0.4, 0.5) is 0 Å². The largest absolute Gasteiger partial charge is 0.351 e. The molecule has 3 atom stereocenters. The Bertz CT molecular complexity index is 621. The number of halogens is 2. The van der Waals surface area contributed by atoms with E-state index in [9.17, 15) is 9.59 Å². The molecule has 1 aromatic rings. The molecule has 0 aromatic heterocycles. The fourth-order valence-corrected chi connectivity index (χ4v) is 3.99. The molecule has 2 rings (SSSR count). The Morgan fingerprint density at radius 3 is 2.48 bits per heavy atom. The summed E-state index contributed by atoms with van der Waals surface area (Å²) in [5, 5.41) is 3.81. The van der Waals surface area contributed by atoms with Crippen LogP contribution in [0.2, 0.25) is 5.02 Å². The molecule has 1 aromatic carbocycles. The third-order valence-electron chi connectivity index (χ3n) is 5.37. The first-order chi connectivity index (χ1) is 13.0. The van der Waals surface area contributed by atoms with Gasteiger partial charge in [0.2, 0.25) is 11.8 Å². The van der Waals surface area contributed by atoms with Crippen LogP contribution in [0.1, 0.15) is 64.0 Å². The number of hydrogen-bond donors (Lipinski definition) is 1. The van der Waals surface area contributed by atoms with Crippen LogP contribution in [0.3, 0.4) is 0 Å². The second kappa shape index (κ2) is 10.9. The van der Waals surface area contributed by atoms with E-state index in [1.54, 1.807) is 17.0 Å². The third-order valence-corrected chi connectivity index (χ3v) is 5.85. The first-order valence-corrected chi connectivity index (χ1v) is 10.8. The summed E-state index contributed by atoms with van der Waals surface area (Å²) in [5.41, 5.74) is 0.759. The number of nitrogens with one attached hydrogen (secondary N) is 1. The van der Waals surface area contributed by atoms with Crippen LogP contribution < -0.4 is 5.32 Å². The molecule has 1 N–H and O–H groups in total. The van der Waals surface area contributed by atoms with E-state index >= 15 is 0 Å². The minimum atomic E-state index is -0.686. The molecule has 150 valence electrons.